The molecule has 0 fully saturated rings. The number of carbonyl (C=O) groups is 2. The summed E-state index contributed by atoms with van der Waals surface area (Å²) in [5.41, 5.74) is 4.31. The second-order valence-electron chi connectivity index (χ2n) is 7.26. The van der Waals surface area contributed by atoms with Gasteiger partial charge in [-0.15, -0.1) is 0 Å². The van der Waals surface area contributed by atoms with E-state index in [4.69, 9.17) is 0 Å². The molecular weight excluding hydrogens is 338 g/mol. The SMILES string of the molecule is CC(C)C(=O)N1CCc2ccc(NC(=O)NCCc3ccccc3)cc2C1. The van der Waals surface area contributed by atoms with E-state index >= 15 is 0 Å². The largest absolute Gasteiger partial charge is 0.338 e. The maximum Gasteiger partial charge on any atom is 0.319 e. The molecule has 1 aliphatic heterocycles. The van der Waals surface area contributed by atoms with Gasteiger partial charge in [0.15, 0.2) is 0 Å². The van der Waals surface area contributed by atoms with Crippen molar-refractivity contribution in [2.45, 2.75) is 33.2 Å². The second kappa shape index (κ2) is 8.71. The molecule has 0 aromatic heterocycles. The number of carbonyl (C=O) groups excluding carboxylic acids is 2. The Bertz CT molecular complexity index is 802. The predicted molar refractivity (Wildman–Crippen MR) is 108 cm³/mol. The summed E-state index contributed by atoms with van der Waals surface area (Å²) in [4.78, 5) is 26.3. The molecule has 2 aromatic rings. The molecule has 1 heterocycles. The van der Waals surface area contributed by atoms with Crippen LogP contribution >= 0.6 is 0 Å². The summed E-state index contributed by atoms with van der Waals surface area (Å²) in [6.07, 6.45) is 1.65. The van der Waals surface area contributed by atoms with E-state index in [2.05, 4.69) is 10.6 Å². The van der Waals surface area contributed by atoms with Gasteiger partial charge >= 0.3 is 6.03 Å². The first-order valence-corrected chi connectivity index (χ1v) is 9.52. The number of rotatable bonds is 5. The Labute approximate surface area is 160 Å². The quantitative estimate of drug-likeness (QED) is 0.851. The fourth-order valence-electron chi connectivity index (χ4n) is 3.33. The number of hydrogen-bond acceptors (Lipinski definition) is 2. The van der Waals surface area contributed by atoms with E-state index in [9.17, 15) is 9.59 Å². The normalized spacial score (nSPS) is 13.2. The lowest BCUT2D eigenvalue weighted by Gasteiger charge is -2.30. The predicted octanol–water partition coefficient (Wildman–Crippen LogP) is 3.59. The summed E-state index contributed by atoms with van der Waals surface area (Å²) in [5.74, 6) is 0.181. The van der Waals surface area contributed by atoms with Crippen LogP contribution in [0.1, 0.15) is 30.5 Å². The van der Waals surface area contributed by atoms with Crippen molar-refractivity contribution in [2.75, 3.05) is 18.4 Å². The molecule has 5 heteroatoms. The minimum absolute atomic E-state index is 0.00301. The minimum Gasteiger partial charge on any atom is -0.338 e. The van der Waals surface area contributed by atoms with Gasteiger partial charge in [0.1, 0.15) is 0 Å². The minimum atomic E-state index is -0.211. The summed E-state index contributed by atoms with van der Waals surface area (Å²) >= 11 is 0. The number of amides is 3. The smallest absolute Gasteiger partial charge is 0.319 e. The highest BCUT2D eigenvalue weighted by Crippen LogP contribution is 2.23. The average Bonchev–Trinajstić information content (AvgIpc) is 2.67. The van der Waals surface area contributed by atoms with Gasteiger partial charge in [-0.3, -0.25) is 4.79 Å². The lowest BCUT2D eigenvalue weighted by atomic mass is 9.98. The number of urea groups is 1. The third-order valence-electron chi connectivity index (χ3n) is 4.82. The third-order valence-corrected chi connectivity index (χ3v) is 4.82. The second-order valence-corrected chi connectivity index (χ2v) is 7.26. The van der Waals surface area contributed by atoms with E-state index in [1.807, 2.05) is 67.3 Å². The molecule has 0 saturated heterocycles. The monoisotopic (exact) mass is 365 g/mol. The molecule has 0 bridgehead atoms. The molecule has 142 valence electrons. The summed E-state index contributed by atoms with van der Waals surface area (Å²) in [6.45, 7) is 5.80. The van der Waals surface area contributed by atoms with Gasteiger partial charge in [0.05, 0.1) is 0 Å². The molecule has 2 N–H and O–H groups in total. The third kappa shape index (κ3) is 5.09. The van der Waals surface area contributed by atoms with E-state index in [1.165, 1.54) is 11.1 Å². The number of benzene rings is 2. The van der Waals surface area contributed by atoms with E-state index in [1.54, 1.807) is 0 Å². The number of nitrogens with one attached hydrogen (secondary N) is 2. The van der Waals surface area contributed by atoms with Crippen LogP contribution in [0.5, 0.6) is 0 Å². The summed E-state index contributed by atoms with van der Waals surface area (Å²) in [6, 6.07) is 15.8. The molecule has 0 atom stereocenters. The number of anilines is 1. The fourth-order valence-corrected chi connectivity index (χ4v) is 3.33. The zero-order valence-corrected chi connectivity index (χ0v) is 16.0. The van der Waals surface area contributed by atoms with Crippen LogP contribution < -0.4 is 10.6 Å². The van der Waals surface area contributed by atoms with Crippen LogP contribution in [0.4, 0.5) is 10.5 Å². The van der Waals surface area contributed by atoms with Gasteiger partial charge in [-0.1, -0.05) is 50.2 Å². The summed E-state index contributed by atoms with van der Waals surface area (Å²) < 4.78 is 0. The van der Waals surface area contributed by atoms with E-state index in [-0.39, 0.29) is 17.9 Å². The topological polar surface area (TPSA) is 61.4 Å². The molecule has 27 heavy (non-hydrogen) atoms. The Balaban J connectivity index is 1.54. The highest BCUT2D eigenvalue weighted by atomic mass is 16.2. The van der Waals surface area contributed by atoms with Gasteiger partial charge in [0, 0.05) is 31.2 Å². The Morgan fingerprint density at radius 1 is 1.07 bits per heavy atom. The van der Waals surface area contributed by atoms with Gasteiger partial charge < -0.3 is 15.5 Å². The molecule has 0 saturated carbocycles. The first-order chi connectivity index (χ1) is 13.0. The molecule has 0 aliphatic carbocycles. The van der Waals surface area contributed by atoms with Crippen LogP contribution in [0.15, 0.2) is 48.5 Å². The van der Waals surface area contributed by atoms with Crippen molar-refractivity contribution < 1.29 is 9.59 Å². The van der Waals surface area contributed by atoms with Crippen molar-refractivity contribution in [2.24, 2.45) is 5.92 Å². The van der Waals surface area contributed by atoms with Gasteiger partial charge in [-0.05, 0) is 41.7 Å². The molecule has 3 amide bonds. The highest BCUT2D eigenvalue weighted by Gasteiger charge is 2.22. The average molecular weight is 365 g/mol. The zero-order valence-electron chi connectivity index (χ0n) is 16.0. The van der Waals surface area contributed by atoms with Crippen LogP contribution in [0.25, 0.3) is 0 Å². The van der Waals surface area contributed by atoms with Crippen LogP contribution in [0.2, 0.25) is 0 Å². The van der Waals surface area contributed by atoms with Crippen molar-refractivity contribution >= 4 is 17.6 Å². The van der Waals surface area contributed by atoms with Gasteiger partial charge in [0.25, 0.3) is 0 Å². The molecule has 1 aliphatic rings. The van der Waals surface area contributed by atoms with Crippen molar-refractivity contribution in [3.05, 3.63) is 65.2 Å². The van der Waals surface area contributed by atoms with Gasteiger partial charge in [-0.25, -0.2) is 4.79 Å². The molecular formula is C22H27N3O2. The maximum absolute atomic E-state index is 12.3. The van der Waals surface area contributed by atoms with Crippen LogP contribution in [0, 0.1) is 5.92 Å². The Morgan fingerprint density at radius 3 is 2.59 bits per heavy atom. The number of fused-ring (bicyclic) bond motifs is 1. The van der Waals surface area contributed by atoms with Crippen molar-refractivity contribution in [3.63, 3.8) is 0 Å². The van der Waals surface area contributed by atoms with Crippen LogP contribution in [0.3, 0.4) is 0 Å². The fraction of sp³-hybridized carbons (Fsp3) is 0.364. The van der Waals surface area contributed by atoms with Crippen molar-refractivity contribution in [3.8, 4) is 0 Å². The first kappa shape index (κ1) is 19.0. The van der Waals surface area contributed by atoms with Crippen LogP contribution in [-0.2, 0) is 24.2 Å². The summed E-state index contributed by atoms with van der Waals surface area (Å²) in [7, 11) is 0. The Morgan fingerprint density at radius 2 is 1.85 bits per heavy atom. The molecule has 0 spiro atoms. The van der Waals surface area contributed by atoms with Gasteiger partial charge in [0.2, 0.25) is 5.91 Å². The lowest BCUT2D eigenvalue weighted by Crippen LogP contribution is -2.38. The Kier molecular flexibility index (Phi) is 6.12. The molecule has 5 nitrogen and oxygen atoms in total. The number of hydrogen-bond donors (Lipinski definition) is 2. The summed E-state index contributed by atoms with van der Waals surface area (Å²) in [5, 5.41) is 5.78. The zero-order chi connectivity index (χ0) is 19.2. The standard InChI is InChI=1S/C22H27N3O2/c1-16(2)21(26)25-13-11-18-8-9-20(14-19(18)15-25)24-22(27)23-12-10-17-6-4-3-5-7-17/h3-9,14,16H,10-13,15H2,1-2H3,(H2,23,24,27). The molecule has 0 radical (unpaired) electrons. The first-order valence-electron chi connectivity index (χ1n) is 9.52. The molecule has 0 unspecified atom stereocenters. The highest BCUT2D eigenvalue weighted by molar-refractivity contribution is 5.89. The van der Waals surface area contributed by atoms with Crippen molar-refractivity contribution in [1.29, 1.82) is 0 Å². The Hall–Kier alpha value is -2.82. The molecule has 3 rings (SSSR count). The number of nitrogens with zero attached hydrogens (tertiary/aromatic N) is 1. The van der Waals surface area contributed by atoms with E-state index < -0.39 is 0 Å². The maximum atomic E-state index is 12.3. The van der Waals surface area contributed by atoms with Crippen LogP contribution in [-0.4, -0.2) is 29.9 Å². The van der Waals surface area contributed by atoms with Gasteiger partial charge in [-0.2, -0.15) is 0 Å². The van der Waals surface area contributed by atoms with E-state index in [0.717, 1.165) is 30.6 Å². The lowest BCUT2D eigenvalue weighted by molar-refractivity contribution is -0.135. The van der Waals surface area contributed by atoms with Crippen molar-refractivity contribution in [1.82, 2.24) is 10.2 Å². The van der Waals surface area contributed by atoms with E-state index in [0.29, 0.717) is 13.1 Å². The molecule has 2 aromatic carbocycles.